The molecule has 0 fully saturated rings. The van der Waals surface area contributed by atoms with Crippen molar-refractivity contribution in [3.8, 4) is 5.75 Å². The van der Waals surface area contributed by atoms with Crippen LogP contribution >= 0.6 is 10.7 Å². The molecule has 0 aliphatic heterocycles. The first kappa shape index (κ1) is 14.7. The summed E-state index contributed by atoms with van der Waals surface area (Å²) in [5.74, 6) is -0.0664. The van der Waals surface area contributed by atoms with Crippen LogP contribution in [0.3, 0.4) is 0 Å². The van der Waals surface area contributed by atoms with Crippen LogP contribution in [-0.2, 0) is 9.05 Å². The van der Waals surface area contributed by atoms with Gasteiger partial charge in [0.15, 0.2) is 5.75 Å². The Bertz CT molecular complexity index is 543. The highest BCUT2D eigenvalue weighted by molar-refractivity contribution is 8.13. The molecule has 1 rings (SSSR count). The van der Waals surface area contributed by atoms with Gasteiger partial charge in [-0.3, -0.25) is 10.1 Å². The van der Waals surface area contributed by atoms with Gasteiger partial charge in [-0.15, -0.1) is 0 Å². The molecule has 1 aromatic carbocycles. The zero-order chi connectivity index (χ0) is 13.8. The van der Waals surface area contributed by atoms with Crippen molar-refractivity contribution in [1.29, 1.82) is 0 Å². The molecule has 0 unspecified atom stereocenters. The van der Waals surface area contributed by atoms with Crippen LogP contribution in [-0.4, -0.2) is 25.7 Å². The van der Waals surface area contributed by atoms with Gasteiger partial charge in [0, 0.05) is 16.7 Å². The molecule has 0 aliphatic carbocycles. The summed E-state index contributed by atoms with van der Waals surface area (Å²) >= 11 is 0. The third-order valence-electron chi connectivity index (χ3n) is 2.17. The largest absolute Gasteiger partial charge is 0.487 e. The number of nitro benzene ring substituents is 1. The fourth-order valence-electron chi connectivity index (χ4n) is 1.37. The molecular weight excluding hydrogens is 282 g/mol. The van der Waals surface area contributed by atoms with Crippen LogP contribution in [0, 0.1) is 17.0 Å². The SMILES string of the molecule is Cc1cccc([N+](=O)[O-])c1OCCCS(=O)(=O)Cl. The minimum absolute atomic E-state index is 0.0532. The van der Waals surface area contributed by atoms with Gasteiger partial charge in [-0.25, -0.2) is 8.42 Å². The van der Waals surface area contributed by atoms with Crippen LogP contribution in [0.1, 0.15) is 12.0 Å². The number of hydrogen-bond donors (Lipinski definition) is 0. The second kappa shape index (κ2) is 6.01. The highest BCUT2D eigenvalue weighted by atomic mass is 35.7. The van der Waals surface area contributed by atoms with Gasteiger partial charge in [-0.2, -0.15) is 0 Å². The second-order valence-electron chi connectivity index (χ2n) is 3.63. The van der Waals surface area contributed by atoms with Gasteiger partial charge in [0.1, 0.15) is 0 Å². The van der Waals surface area contributed by atoms with Crippen molar-refractivity contribution in [2.24, 2.45) is 0 Å². The number of para-hydroxylation sites is 1. The van der Waals surface area contributed by atoms with Crippen molar-refractivity contribution in [2.75, 3.05) is 12.4 Å². The molecule has 1 aromatic rings. The summed E-state index contributed by atoms with van der Waals surface area (Å²) < 4.78 is 26.6. The van der Waals surface area contributed by atoms with Gasteiger partial charge in [-0.05, 0) is 18.9 Å². The summed E-state index contributed by atoms with van der Waals surface area (Å²) in [7, 11) is 1.48. The van der Waals surface area contributed by atoms with Crippen molar-refractivity contribution in [3.63, 3.8) is 0 Å². The zero-order valence-electron chi connectivity index (χ0n) is 9.63. The molecule has 0 atom stereocenters. The number of halogens is 1. The topological polar surface area (TPSA) is 86.5 Å². The molecule has 0 heterocycles. The molecule has 0 N–H and O–H groups in total. The molecule has 6 nitrogen and oxygen atoms in total. The molecule has 0 aliphatic rings. The molecule has 0 saturated carbocycles. The summed E-state index contributed by atoms with van der Waals surface area (Å²) in [6.07, 6.45) is 0.178. The van der Waals surface area contributed by atoms with E-state index in [4.69, 9.17) is 15.4 Å². The lowest BCUT2D eigenvalue weighted by Crippen LogP contribution is -2.06. The molecule has 0 bridgehead atoms. The lowest BCUT2D eigenvalue weighted by Gasteiger charge is -2.08. The zero-order valence-corrected chi connectivity index (χ0v) is 11.2. The normalized spacial score (nSPS) is 11.2. The number of ether oxygens (including phenoxy) is 1. The van der Waals surface area contributed by atoms with Gasteiger partial charge in [0.05, 0.1) is 17.3 Å². The van der Waals surface area contributed by atoms with E-state index in [1.165, 1.54) is 6.07 Å². The quantitative estimate of drug-likeness (QED) is 0.347. The van der Waals surface area contributed by atoms with Crippen LogP contribution in [0.4, 0.5) is 5.69 Å². The van der Waals surface area contributed by atoms with Crippen molar-refractivity contribution in [3.05, 3.63) is 33.9 Å². The Balaban J connectivity index is 2.70. The first-order chi connectivity index (χ1) is 8.31. The smallest absolute Gasteiger partial charge is 0.311 e. The van der Waals surface area contributed by atoms with Gasteiger partial charge in [0.2, 0.25) is 9.05 Å². The van der Waals surface area contributed by atoms with E-state index >= 15 is 0 Å². The van der Waals surface area contributed by atoms with Crippen LogP contribution in [0.25, 0.3) is 0 Å². The molecule has 8 heteroatoms. The van der Waals surface area contributed by atoms with Gasteiger partial charge in [-0.1, -0.05) is 12.1 Å². The Morgan fingerprint density at radius 2 is 2.11 bits per heavy atom. The molecule has 0 spiro atoms. The van der Waals surface area contributed by atoms with Crippen LogP contribution in [0.2, 0.25) is 0 Å². The first-order valence-corrected chi connectivity index (χ1v) is 7.58. The summed E-state index contributed by atoms with van der Waals surface area (Å²) in [6.45, 7) is 1.73. The number of benzene rings is 1. The van der Waals surface area contributed by atoms with E-state index in [1.54, 1.807) is 19.1 Å². The maximum absolute atomic E-state index is 10.8. The minimum atomic E-state index is -3.56. The van der Waals surface area contributed by atoms with Crippen LogP contribution in [0.15, 0.2) is 18.2 Å². The third kappa shape index (κ3) is 4.50. The maximum atomic E-state index is 10.8. The van der Waals surface area contributed by atoms with Crippen LogP contribution in [0.5, 0.6) is 5.75 Å². The third-order valence-corrected chi connectivity index (χ3v) is 3.41. The number of rotatable bonds is 6. The fraction of sp³-hybridized carbons (Fsp3) is 0.400. The number of nitrogens with zero attached hydrogens (tertiary/aromatic N) is 1. The molecular formula is C10H12ClNO5S. The van der Waals surface area contributed by atoms with Crippen LogP contribution < -0.4 is 4.74 Å². The van der Waals surface area contributed by atoms with E-state index in [9.17, 15) is 18.5 Å². The monoisotopic (exact) mass is 293 g/mol. The standard InChI is InChI=1S/C10H12ClNO5S/c1-8-4-2-5-9(12(13)14)10(8)17-6-3-7-18(11,15)16/h2,4-5H,3,6-7H2,1H3. The van der Waals surface area contributed by atoms with Gasteiger partial charge in [0.25, 0.3) is 0 Å². The van der Waals surface area contributed by atoms with E-state index in [-0.39, 0.29) is 30.2 Å². The Kier molecular flexibility index (Phi) is 4.92. The molecule has 0 aromatic heterocycles. The Labute approximate surface area is 109 Å². The highest BCUT2D eigenvalue weighted by Crippen LogP contribution is 2.30. The van der Waals surface area contributed by atoms with Crippen molar-refractivity contribution >= 4 is 25.4 Å². The lowest BCUT2D eigenvalue weighted by atomic mass is 10.2. The van der Waals surface area contributed by atoms with E-state index in [0.29, 0.717) is 5.56 Å². The van der Waals surface area contributed by atoms with Gasteiger partial charge < -0.3 is 4.74 Å². The minimum Gasteiger partial charge on any atom is -0.487 e. The number of hydrogen-bond acceptors (Lipinski definition) is 5. The second-order valence-corrected chi connectivity index (χ2v) is 6.52. The van der Waals surface area contributed by atoms with Gasteiger partial charge >= 0.3 is 5.69 Å². The summed E-state index contributed by atoms with van der Waals surface area (Å²) in [5, 5.41) is 10.8. The predicted octanol–water partition coefficient (Wildman–Crippen LogP) is 2.24. The summed E-state index contributed by atoms with van der Waals surface area (Å²) in [5.41, 5.74) is 0.488. The number of nitro groups is 1. The summed E-state index contributed by atoms with van der Waals surface area (Å²) in [6, 6.07) is 4.57. The molecule has 18 heavy (non-hydrogen) atoms. The Morgan fingerprint density at radius 1 is 1.44 bits per heavy atom. The lowest BCUT2D eigenvalue weighted by molar-refractivity contribution is -0.385. The van der Waals surface area contributed by atoms with E-state index in [0.717, 1.165) is 0 Å². The average molecular weight is 294 g/mol. The first-order valence-electron chi connectivity index (χ1n) is 5.10. The van der Waals surface area contributed by atoms with E-state index < -0.39 is 14.0 Å². The predicted molar refractivity (Wildman–Crippen MR) is 67.6 cm³/mol. The molecule has 100 valence electrons. The molecule has 0 amide bonds. The highest BCUT2D eigenvalue weighted by Gasteiger charge is 2.17. The Hall–Kier alpha value is -1.34. The van der Waals surface area contributed by atoms with Crippen molar-refractivity contribution in [1.82, 2.24) is 0 Å². The Morgan fingerprint density at radius 3 is 2.67 bits per heavy atom. The van der Waals surface area contributed by atoms with E-state index in [1.807, 2.05) is 0 Å². The molecule has 0 radical (unpaired) electrons. The molecule has 0 saturated heterocycles. The summed E-state index contributed by atoms with van der Waals surface area (Å²) in [4.78, 5) is 10.2. The van der Waals surface area contributed by atoms with Crippen molar-refractivity contribution < 1.29 is 18.1 Å². The van der Waals surface area contributed by atoms with E-state index in [2.05, 4.69) is 0 Å². The average Bonchev–Trinajstić information content (AvgIpc) is 2.24. The fourth-order valence-corrected chi connectivity index (χ4v) is 2.16. The number of aryl methyl sites for hydroxylation is 1. The van der Waals surface area contributed by atoms with Crippen molar-refractivity contribution in [2.45, 2.75) is 13.3 Å². The maximum Gasteiger partial charge on any atom is 0.311 e.